The first-order chi connectivity index (χ1) is 9.15. The summed E-state index contributed by atoms with van der Waals surface area (Å²) >= 11 is 0. The number of amides is 1. The number of nitrogens with two attached hydrogens (primary N) is 1. The minimum Gasteiger partial charge on any atom is -0.496 e. The lowest BCUT2D eigenvalue weighted by molar-refractivity contribution is 0.0989. The molecule has 1 aromatic carbocycles. The van der Waals surface area contributed by atoms with E-state index in [2.05, 4.69) is 4.98 Å². The molecule has 0 saturated carbocycles. The Morgan fingerprint density at radius 3 is 2.68 bits per heavy atom. The van der Waals surface area contributed by atoms with Crippen LogP contribution >= 0.6 is 0 Å². The third kappa shape index (κ3) is 2.49. The summed E-state index contributed by atoms with van der Waals surface area (Å²) < 4.78 is 5.18. The van der Waals surface area contributed by atoms with E-state index < -0.39 is 0 Å². The topological polar surface area (TPSA) is 68.5 Å². The summed E-state index contributed by atoms with van der Waals surface area (Å²) in [5.74, 6) is 0.732. The maximum absolute atomic E-state index is 12.4. The molecule has 0 aliphatic carbocycles. The summed E-state index contributed by atoms with van der Waals surface area (Å²) in [6.45, 7) is 0. The van der Waals surface area contributed by atoms with Crippen molar-refractivity contribution in [3.05, 3.63) is 48.2 Å². The molecule has 0 unspecified atom stereocenters. The second kappa shape index (κ2) is 5.39. The van der Waals surface area contributed by atoms with Crippen LogP contribution < -0.4 is 15.4 Å². The predicted octanol–water partition coefficient (Wildman–Crippen LogP) is 1.95. The Balaban J connectivity index is 2.37. The van der Waals surface area contributed by atoms with Gasteiger partial charge in [-0.15, -0.1) is 0 Å². The average Bonchev–Trinajstić information content (AvgIpc) is 2.46. The molecule has 0 bridgehead atoms. The average molecular weight is 257 g/mol. The summed E-state index contributed by atoms with van der Waals surface area (Å²) in [7, 11) is 3.16. The monoisotopic (exact) mass is 257 g/mol. The highest BCUT2D eigenvalue weighted by Gasteiger charge is 2.19. The molecular weight excluding hydrogens is 242 g/mol. The van der Waals surface area contributed by atoms with Gasteiger partial charge < -0.3 is 10.5 Å². The molecule has 19 heavy (non-hydrogen) atoms. The van der Waals surface area contributed by atoms with Crippen LogP contribution in [-0.4, -0.2) is 25.0 Å². The van der Waals surface area contributed by atoms with Gasteiger partial charge in [0, 0.05) is 13.2 Å². The van der Waals surface area contributed by atoms with Crippen LogP contribution in [0.25, 0.3) is 0 Å². The maximum Gasteiger partial charge on any atom is 0.262 e. The van der Waals surface area contributed by atoms with Crippen LogP contribution in [0.2, 0.25) is 0 Å². The Kier molecular flexibility index (Phi) is 3.66. The van der Waals surface area contributed by atoms with Crippen LogP contribution in [0, 0.1) is 0 Å². The highest BCUT2D eigenvalue weighted by atomic mass is 16.5. The van der Waals surface area contributed by atoms with E-state index in [0.717, 1.165) is 0 Å². The number of benzene rings is 1. The number of anilines is 2. The molecule has 98 valence electrons. The normalized spacial score (nSPS) is 10.0. The van der Waals surface area contributed by atoms with Crippen molar-refractivity contribution in [2.45, 2.75) is 0 Å². The minimum absolute atomic E-state index is 0.220. The fourth-order valence-corrected chi connectivity index (χ4v) is 1.79. The van der Waals surface area contributed by atoms with Crippen molar-refractivity contribution in [1.82, 2.24) is 4.98 Å². The zero-order valence-corrected chi connectivity index (χ0v) is 10.8. The number of aromatic nitrogens is 1. The third-order valence-electron chi connectivity index (χ3n) is 2.78. The fourth-order valence-electron chi connectivity index (χ4n) is 1.79. The predicted molar refractivity (Wildman–Crippen MR) is 74.4 cm³/mol. The van der Waals surface area contributed by atoms with Crippen LogP contribution in [0.15, 0.2) is 42.6 Å². The Hall–Kier alpha value is -2.56. The van der Waals surface area contributed by atoms with Crippen LogP contribution in [0.3, 0.4) is 0 Å². The summed E-state index contributed by atoms with van der Waals surface area (Å²) in [6.07, 6.45) is 1.59. The summed E-state index contributed by atoms with van der Waals surface area (Å²) in [6, 6.07) is 10.5. The molecule has 0 radical (unpaired) electrons. The van der Waals surface area contributed by atoms with Crippen molar-refractivity contribution in [1.29, 1.82) is 0 Å². The lowest BCUT2D eigenvalue weighted by atomic mass is 10.1. The molecule has 2 aromatic rings. The van der Waals surface area contributed by atoms with E-state index in [1.54, 1.807) is 43.6 Å². The van der Waals surface area contributed by atoms with E-state index in [1.807, 2.05) is 6.07 Å². The molecule has 1 heterocycles. The number of para-hydroxylation sites is 1. The number of hydrogen-bond acceptors (Lipinski definition) is 4. The Bertz CT molecular complexity index is 599. The molecule has 0 aliphatic rings. The van der Waals surface area contributed by atoms with Crippen molar-refractivity contribution >= 4 is 17.4 Å². The molecule has 5 heteroatoms. The van der Waals surface area contributed by atoms with Gasteiger partial charge in [-0.3, -0.25) is 9.69 Å². The third-order valence-corrected chi connectivity index (χ3v) is 2.78. The summed E-state index contributed by atoms with van der Waals surface area (Å²) in [5.41, 5.74) is 6.74. The van der Waals surface area contributed by atoms with E-state index in [4.69, 9.17) is 10.5 Å². The van der Waals surface area contributed by atoms with Gasteiger partial charge in [-0.05, 0) is 24.3 Å². The number of pyridine rings is 1. The van der Waals surface area contributed by atoms with Gasteiger partial charge in [0.2, 0.25) is 0 Å². The van der Waals surface area contributed by atoms with Gasteiger partial charge >= 0.3 is 0 Å². The smallest absolute Gasteiger partial charge is 0.262 e. The maximum atomic E-state index is 12.4. The number of nitrogen functional groups attached to an aromatic ring is 1. The second-order valence-electron chi connectivity index (χ2n) is 3.98. The quantitative estimate of drug-likeness (QED) is 0.912. The first-order valence-corrected chi connectivity index (χ1v) is 5.76. The Morgan fingerprint density at radius 1 is 1.26 bits per heavy atom. The second-order valence-corrected chi connectivity index (χ2v) is 3.98. The number of nitrogens with zero attached hydrogens (tertiary/aromatic N) is 2. The molecule has 0 fully saturated rings. The molecular formula is C14H15N3O2. The van der Waals surface area contributed by atoms with Crippen molar-refractivity contribution in [3.63, 3.8) is 0 Å². The Morgan fingerprint density at radius 2 is 2.00 bits per heavy atom. The lowest BCUT2D eigenvalue weighted by Gasteiger charge is -2.19. The largest absolute Gasteiger partial charge is 0.496 e. The van der Waals surface area contributed by atoms with E-state index >= 15 is 0 Å². The fraction of sp³-hybridized carbons (Fsp3) is 0.143. The SMILES string of the molecule is COc1ccccc1C(=O)N(C)c1ncccc1N. The van der Waals surface area contributed by atoms with Gasteiger partial charge in [-0.1, -0.05) is 12.1 Å². The molecule has 2 N–H and O–H groups in total. The first-order valence-electron chi connectivity index (χ1n) is 5.76. The van der Waals surface area contributed by atoms with Crippen molar-refractivity contribution in [3.8, 4) is 5.75 Å². The molecule has 1 amide bonds. The van der Waals surface area contributed by atoms with E-state index in [0.29, 0.717) is 22.8 Å². The highest BCUT2D eigenvalue weighted by Crippen LogP contribution is 2.23. The summed E-state index contributed by atoms with van der Waals surface area (Å²) in [5, 5.41) is 0. The van der Waals surface area contributed by atoms with Crippen LogP contribution in [0.5, 0.6) is 5.75 Å². The Labute approximate surface area is 111 Å². The number of rotatable bonds is 3. The van der Waals surface area contributed by atoms with Gasteiger partial charge in [0.05, 0.1) is 18.4 Å². The van der Waals surface area contributed by atoms with Crippen molar-refractivity contribution in [2.24, 2.45) is 0 Å². The number of ether oxygens (including phenoxy) is 1. The van der Waals surface area contributed by atoms with Gasteiger partial charge in [-0.2, -0.15) is 0 Å². The number of methoxy groups -OCH3 is 1. The zero-order valence-electron chi connectivity index (χ0n) is 10.8. The molecule has 5 nitrogen and oxygen atoms in total. The summed E-state index contributed by atoms with van der Waals surface area (Å²) in [4.78, 5) is 18.0. The molecule has 0 atom stereocenters. The lowest BCUT2D eigenvalue weighted by Crippen LogP contribution is -2.28. The van der Waals surface area contributed by atoms with Gasteiger partial charge in [0.15, 0.2) is 5.82 Å². The first kappa shape index (κ1) is 12.9. The van der Waals surface area contributed by atoms with Gasteiger partial charge in [0.1, 0.15) is 5.75 Å². The molecule has 0 spiro atoms. The van der Waals surface area contributed by atoms with Crippen molar-refractivity contribution < 1.29 is 9.53 Å². The van der Waals surface area contributed by atoms with E-state index in [1.165, 1.54) is 12.0 Å². The van der Waals surface area contributed by atoms with Gasteiger partial charge in [-0.25, -0.2) is 4.98 Å². The molecule has 0 aliphatic heterocycles. The zero-order chi connectivity index (χ0) is 13.8. The molecule has 1 aromatic heterocycles. The molecule has 0 saturated heterocycles. The van der Waals surface area contributed by atoms with Crippen molar-refractivity contribution in [2.75, 3.05) is 24.8 Å². The van der Waals surface area contributed by atoms with Crippen LogP contribution in [0.4, 0.5) is 11.5 Å². The minimum atomic E-state index is -0.220. The van der Waals surface area contributed by atoms with Crippen LogP contribution in [-0.2, 0) is 0 Å². The number of carbonyl (C=O) groups excluding carboxylic acids is 1. The van der Waals surface area contributed by atoms with Gasteiger partial charge in [0.25, 0.3) is 5.91 Å². The van der Waals surface area contributed by atoms with Crippen LogP contribution in [0.1, 0.15) is 10.4 Å². The standard InChI is InChI=1S/C14H15N3O2/c1-17(13-11(15)7-5-9-16-13)14(18)10-6-3-4-8-12(10)19-2/h3-9H,15H2,1-2H3. The van der Waals surface area contributed by atoms with E-state index in [9.17, 15) is 4.79 Å². The number of hydrogen-bond donors (Lipinski definition) is 1. The highest BCUT2D eigenvalue weighted by molar-refractivity contribution is 6.08. The molecule has 2 rings (SSSR count). The number of carbonyl (C=O) groups is 1. The van der Waals surface area contributed by atoms with E-state index in [-0.39, 0.29) is 5.91 Å².